The van der Waals surface area contributed by atoms with Crippen molar-refractivity contribution in [2.75, 3.05) is 7.11 Å². The smallest absolute Gasteiger partial charge is 0.328 e. The van der Waals surface area contributed by atoms with Gasteiger partial charge in [0.15, 0.2) is 0 Å². The zero-order valence-corrected chi connectivity index (χ0v) is 17.7. The van der Waals surface area contributed by atoms with Crippen LogP contribution in [0, 0.1) is 5.82 Å². The zero-order valence-electron chi connectivity index (χ0n) is 16.1. The first-order valence-corrected chi connectivity index (χ1v) is 9.72. The summed E-state index contributed by atoms with van der Waals surface area (Å²) in [5, 5.41) is 5.13. The molecule has 6 nitrogen and oxygen atoms in total. The van der Waals surface area contributed by atoms with E-state index in [1.165, 1.54) is 32.2 Å². The molecule has 0 bridgehead atoms. The summed E-state index contributed by atoms with van der Waals surface area (Å²) in [6.45, 7) is 1.27. The summed E-state index contributed by atoms with van der Waals surface area (Å²) in [5.41, 5.74) is 1.10. The highest BCUT2D eigenvalue weighted by Gasteiger charge is 2.27. The Morgan fingerprint density at radius 3 is 2.24 bits per heavy atom. The van der Waals surface area contributed by atoms with Crippen LogP contribution in [0.4, 0.5) is 4.39 Å². The van der Waals surface area contributed by atoms with Gasteiger partial charge in [0, 0.05) is 24.2 Å². The van der Waals surface area contributed by atoms with Crippen molar-refractivity contribution >= 4 is 33.7 Å². The monoisotopic (exact) mass is 464 g/mol. The molecule has 0 radical (unpaired) electrons. The van der Waals surface area contributed by atoms with E-state index in [1.807, 2.05) is 24.3 Å². The first-order chi connectivity index (χ1) is 13.8. The van der Waals surface area contributed by atoms with Crippen molar-refractivity contribution in [3.05, 3.63) is 69.9 Å². The molecule has 0 spiro atoms. The van der Waals surface area contributed by atoms with E-state index in [2.05, 4.69) is 26.6 Å². The minimum absolute atomic E-state index is 0.0513. The third-order valence-corrected chi connectivity index (χ3v) is 4.76. The van der Waals surface area contributed by atoms with Crippen molar-refractivity contribution < 1.29 is 23.5 Å². The van der Waals surface area contributed by atoms with E-state index in [1.54, 1.807) is 6.07 Å². The van der Waals surface area contributed by atoms with Gasteiger partial charge in [-0.2, -0.15) is 0 Å². The van der Waals surface area contributed by atoms with Crippen LogP contribution < -0.4 is 10.6 Å². The summed E-state index contributed by atoms with van der Waals surface area (Å²) >= 11 is 3.34. The number of amides is 2. The van der Waals surface area contributed by atoms with E-state index in [9.17, 15) is 18.8 Å². The van der Waals surface area contributed by atoms with Gasteiger partial charge >= 0.3 is 5.97 Å². The SMILES string of the molecule is COC(=O)[C@@H](Cc1ccc(Br)cc1)NC(=O)[C@@H](Cc1ccccc1F)NC(C)=O. The van der Waals surface area contributed by atoms with Crippen molar-refractivity contribution in [3.63, 3.8) is 0 Å². The highest BCUT2D eigenvalue weighted by Crippen LogP contribution is 2.13. The Balaban J connectivity index is 2.17. The number of nitrogens with one attached hydrogen (secondary N) is 2. The molecule has 2 atom stereocenters. The van der Waals surface area contributed by atoms with E-state index in [0.717, 1.165) is 10.0 Å². The highest BCUT2D eigenvalue weighted by atomic mass is 79.9. The van der Waals surface area contributed by atoms with Gasteiger partial charge in [-0.05, 0) is 29.3 Å². The average molecular weight is 465 g/mol. The normalized spacial score (nSPS) is 12.6. The fraction of sp³-hybridized carbons (Fsp3) is 0.286. The number of methoxy groups -OCH3 is 1. The van der Waals surface area contributed by atoms with Crippen LogP contribution in [0.2, 0.25) is 0 Å². The molecule has 0 heterocycles. The molecule has 2 amide bonds. The second-order valence-corrected chi connectivity index (χ2v) is 7.38. The molecule has 2 rings (SSSR count). The Bertz CT molecular complexity index is 873. The highest BCUT2D eigenvalue weighted by molar-refractivity contribution is 9.10. The molecule has 0 unspecified atom stereocenters. The molecule has 154 valence electrons. The molecule has 0 fully saturated rings. The number of esters is 1. The quantitative estimate of drug-likeness (QED) is 0.587. The van der Waals surface area contributed by atoms with Crippen molar-refractivity contribution in [1.82, 2.24) is 10.6 Å². The third-order valence-electron chi connectivity index (χ3n) is 4.23. The maximum atomic E-state index is 14.0. The summed E-state index contributed by atoms with van der Waals surface area (Å²) in [5.74, 6) is -2.14. The molecule has 8 heteroatoms. The number of ether oxygens (including phenoxy) is 1. The first kappa shape index (κ1) is 22.5. The molecule has 0 aromatic heterocycles. The van der Waals surface area contributed by atoms with Gasteiger partial charge in [0.2, 0.25) is 11.8 Å². The van der Waals surface area contributed by atoms with Gasteiger partial charge in [0.25, 0.3) is 0 Å². The molecule has 2 aromatic carbocycles. The molecule has 0 aliphatic heterocycles. The van der Waals surface area contributed by atoms with Crippen LogP contribution in [0.5, 0.6) is 0 Å². The number of benzene rings is 2. The number of halogens is 2. The van der Waals surface area contributed by atoms with E-state index < -0.39 is 35.7 Å². The van der Waals surface area contributed by atoms with Gasteiger partial charge in [0.1, 0.15) is 17.9 Å². The van der Waals surface area contributed by atoms with Crippen molar-refractivity contribution in [1.29, 1.82) is 0 Å². The number of hydrogen-bond donors (Lipinski definition) is 2. The van der Waals surface area contributed by atoms with Crippen LogP contribution in [0.1, 0.15) is 18.1 Å². The molecular formula is C21H22BrFN2O4. The molecule has 0 aliphatic rings. The summed E-state index contributed by atoms with van der Waals surface area (Å²) in [6.07, 6.45) is 0.155. The Labute approximate surface area is 177 Å². The fourth-order valence-electron chi connectivity index (χ4n) is 2.80. The zero-order chi connectivity index (χ0) is 21.4. The maximum absolute atomic E-state index is 14.0. The third kappa shape index (κ3) is 6.98. The number of carbonyl (C=O) groups excluding carboxylic acids is 3. The lowest BCUT2D eigenvalue weighted by Gasteiger charge is -2.22. The van der Waals surface area contributed by atoms with Crippen molar-refractivity contribution in [3.8, 4) is 0 Å². The molecule has 29 heavy (non-hydrogen) atoms. The molecule has 0 saturated heterocycles. The van der Waals surface area contributed by atoms with Gasteiger partial charge in [-0.3, -0.25) is 9.59 Å². The summed E-state index contributed by atoms with van der Waals surface area (Å²) in [7, 11) is 1.23. The predicted molar refractivity (Wildman–Crippen MR) is 110 cm³/mol. The van der Waals surface area contributed by atoms with E-state index in [4.69, 9.17) is 4.74 Å². The lowest BCUT2D eigenvalue weighted by molar-refractivity contribution is -0.145. The Morgan fingerprint density at radius 1 is 1.00 bits per heavy atom. The van der Waals surface area contributed by atoms with Crippen LogP contribution >= 0.6 is 15.9 Å². The minimum Gasteiger partial charge on any atom is -0.467 e. The first-order valence-electron chi connectivity index (χ1n) is 8.93. The van der Waals surface area contributed by atoms with Gasteiger partial charge in [-0.1, -0.05) is 46.3 Å². The molecule has 2 N–H and O–H groups in total. The van der Waals surface area contributed by atoms with E-state index in [0.29, 0.717) is 0 Å². The van der Waals surface area contributed by atoms with Crippen LogP contribution in [-0.2, 0) is 32.0 Å². The van der Waals surface area contributed by atoms with Crippen LogP contribution in [-0.4, -0.2) is 37.0 Å². The lowest BCUT2D eigenvalue weighted by atomic mass is 10.0. The van der Waals surface area contributed by atoms with Gasteiger partial charge in [-0.15, -0.1) is 0 Å². The fourth-order valence-corrected chi connectivity index (χ4v) is 3.07. The molecular weight excluding hydrogens is 443 g/mol. The number of carbonyl (C=O) groups is 3. The summed E-state index contributed by atoms with van der Waals surface area (Å²) in [4.78, 5) is 36.5. The van der Waals surface area contributed by atoms with Crippen LogP contribution in [0.3, 0.4) is 0 Å². The van der Waals surface area contributed by atoms with E-state index in [-0.39, 0.29) is 18.4 Å². The van der Waals surface area contributed by atoms with Crippen LogP contribution in [0.15, 0.2) is 53.0 Å². The minimum atomic E-state index is -1.04. The van der Waals surface area contributed by atoms with Gasteiger partial charge < -0.3 is 15.4 Å². The second kappa shape index (κ2) is 10.7. The van der Waals surface area contributed by atoms with Gasteiger partial charge in [-0.25, -0.2) is 9.18 Å². The number of rotatable bonds is 8. The average Bonchev–Trinajstić information content (AvgIpc) is 2.69. The summed E-state index contributed by atoms with van der Waals surface area (Å²) < 4.78 is 19.7. The topological polar surface area (TPSA) is 84.5 Å². The number of hydrogen-bond acceptors (Lipinski definition) is 4. The predicted octanol–water partition coefficient (Wildman–Crippen LogP) is 2.54. The van der Waals surface area contributed by atoms with Crippen molar-refractivity contribution in [2.45, 2.75) is 31.8 Å². The standard InChI is InChI=1S/C21H22BrFN2O4/c1-13(26)24-18(12-15-5-3-4-6-17(15)23)20(27)25-19(21(28)29-2)11-14-7-9-16(22)10-8-14/h3-10,18-19H,11-12H2,1-2H3,(H,24,26)(H,25,27)/t18-,19-/m1/s1. The van der Waals surface area contributed by atoms with E-state index >= 15 is 0 Å². The molecule has 0 aliphatic carbocycles. The Morgan fingerprint density at radius 2 is 1.66 bits per heavy atom. The largest absolute Gasteiger partial charge is 0.467 e. The maximum Gasteiger partial charge on any atom is 0.328 e. The van der Waals surface area contributed by atoms with Gasteiger partial charge in [0.05, 0.1) is 7.11 Å². The summed E-state index contributed by atoms with van der Waals surface area (Å²) in [6, 6.07) is 11.3. The Kier molecular flexibility index (Phi) is 8.33. The molecule has 2 aromatic rings. The van der Waals surface area contributed by atoms with Crippen LogP contribution in [0.25, 0.3) is 0 Å². The van der Waals surface area contributed by atoms with Crippen molar-refractivity contribution in [2.24, 2.45) is 0 Å². The lowest BCUT2D eigenvalue weighted by Crippen LogP contribution is -2.53. The molecule has 0 saturated carbocycles. The second-order valence-electron chi connectivity index (χ2n) is 6.46. The Hall–Kier alpha value is -2.74.